The Morgan fingerprint density at radius 1 is 1.33 bits per heavy atom. The zero-order chi connectivity index (χ0) is 21.3. The van der Waals surface area contributed by atoms with Gasteiger partial charge >= 0.3 is 5.97 Å². The van der Waals surface area contributed by atoms with Gasteiger partial charge in [0, 0.05) is 4.88 Å². The van der Waals surface area contributed by atoms with Crippen LogP contribution in [0.5, 0.6) is 0 Å². The number of rotatable bonds is 5. The molecule has 0 fully saturated rings. The molecular formula is C21H22N4O4S. The minimum atomic E-state index is -0.522. The van der Waals surface area contributed by atoms with Crippen LogP contribution >= 0.6 is 11.3 Å². The molecular weight excluding hydrogens is 404 g/mol. The molecule has 0 saturated carbocycles. The third kappa shape index (κ3) is 3.85. The highest BCUT2D eigenvalue weighted by molar-refractivity contribution is 7.18. The first-order chi connectivity index (χ1) is 14.5. The second kappa shape index (κ2) is 8.35. The van der Waals surface area contributed by atoms with E-state index in [2.05, 4.69) is 22.6 Å². The van der Waals surface area contributed by atoms with Crippen LogP contribution in [0.15, 0.2) is 29.1 Å². The van der Waals surface area contributed by atoms with Gasteiger partial charge in [0.25, 0.3) is 5.56 Å². The maximum Gasteiger partial charge on any atom is 0.340 e. The second-order valence-electron chi connectivity index (χ2n) is 7.40. The van der Waals surface area contributed by atoms with E-state index in [0.29, 0.717) is 21.8 Å². The van der Waals surface area contributed by atoms with Crippen LogP contribution in [0, 0.1) is 5.92 Å². The summed E-state index contributed by atoms with van der Waals surface area (Å²) in [5, 5.41) is 11.4. The van der Waals surface area contributed by atoms with Gasteiger partial charge in [0.15, 0.2) is 4.83 Å². The molecule has 0 unspecified atom stereocenters. The summed E-state index contributed by atoms with van der Waals surface area (Å²) >= 11 is 1.52. The fourth-order valence-electron chi connectivity index (χ4n) is 3.70. The van der Waals surface area contributed by atoms with Crippen LogP contribution in [-0.2, 0) is 28.9 Å². The summed E-state index contributed by atoms with van der Waals surface area (Å²) in [4.78, 5) is 39.5. The normalized spacial score (nSPS) is 15.6. The molecule has 2 heterocycles. The Morgan fingerprint density at radius 2 is 2.13 bits per heavy atom. The fourth-order valence-corrected chi connectivity index (χ4v) is 5.02. The number of thiophene rings is 1. The van der Waals surface area contributed by atoms with Gasteiger partial charge in [-0.3, -0.25) is 9.59 Å². The number of hydrogen-bond acceptors (Lipinski definition) is 7. The van der Waals surface area contributed by atoms with Crippen molar-refractivity contribution in [3.63, 3.8) is 0 Å². The molecule has 0 radical (unpaired) electrons. The van der Waals surface area contributed by atoms with E-state index in [1.807, 2.05) is 0 Å². The van der Waals surface area contributed by atoms with Gasteiger partial charge in [-0.05, 0) is 49.8 Å². The van der Waals surface area contributed by atoms with Crippen molar-refractivity contribution in [2.75, 3.05) is 11.9 Å². The van der Waals surface area contributed by atoms with E-state index in [4.69, 9.17) is 4.74 Å². The molecule has 1 aliphatic rings. The number of aromatic nitrogens is 3. The van der Waals surface area contributed by atoms with Crippen LogP contribution < -0.4 is 10.9 Å². The van der Waals surface area contributed by atoms with Crippen LogP contribution in [0.2, 0.25) is 0 Å². The van der Waals surface area contributed by atoms with Crippen molar-refractivity contribution in [1.82, 2.24) is 15.0 Å². The molecule has 9 heteroatoms. The molecule has 1 amide bonds. The minimum Gasteiger partial charge on any atom is -0.462 e. The molecule has 0 aliphatic heterocycles. The van der Waals surface area contributed by atoms with Gasteiger partial charge in [-0.15, -0.1) is 16.4 Å². The maximum absolute atomic E-state index is 13.0. The van der Waals surface area contributed by atoms with Crippen LogP contribution in [0.3, 0.4) is 0 Å². The lowest BCUT2D eigenvalue weighted by Gasteiger charge is -2.17. The predicted molar refractivity (Wildman–Crippen MR) is 114 cm³/mol. The first kappa shape index (κ1) is 20.2. The van der Waals surface area contributed by atoms with Crippen LogP contribution in [0.1, 0.15) is 41.1 Å². The standard InChI is InChI=1S/C21H22N4O4S/c1-3-29-21(28)13-6-4-5-7-15(13)22-17(26)11-25-20(27)18-14-9-8-12(2)10-16(14)30-19(18)23-24-25/h4-7,12H,3,8-11H2,1-2H3,(H,22,26)/t12-/m1/s1. The summed E-state index contributed by atoms with van der Waals surface area (Å²) in [5.41, 5.74) is 1.32. The van der Waals surface area contributed by atoms with Crippen molar-refractivity contribution in [1.29, 1.82) is 0 Å². The third-order valence-corrected chi connectivity index (χ3v) is 6.31. The highest BCUT2D eigenvalue weighted by atomic mass is 32.1. The molecule has 156 valence electrons. The lowest BCUT2D eigenvalue weighted by molar-refractivity contribution is -0.117. The maximum atomic E-state index is 13.0. The monoisotopic (exact) mass is 426 g/mol. The smallest absolute Gasteiger partial charge is 0.340 e. The van der Waals surface area contributed by atoms with Gasteiger partial charge in [0.2, 0.25) is 5.91 Å². The number of hydrogen-bond donors (Lipinski definition) is 1. The number of nitrogens with zero attached hydrogens (tertiary/aromatic N) is 3. The van der Waals surface area contributed by atoms with Gasteiger partial charge in [-0.25, -0.2) is 9.48 Å². The third-order valence-electron chi connectivity index (χ3n) is 5.17. The van der Waals surface area contributed by atoms with Crippen molar-refractivity contribution in [3.8, 4) is 0 Å². The Labute approximate surface area is 176 Å². The number of benzene rings is 1. The molecule has 1 atom stereocenters. The summed E-state index contributed by atoms with van der Waals surface area (Å²) in [5.74, 6) is -0.405. The van der Waals surface area contributed by atoms with Gasteiger partial charge < -0.3 is 10.1 Å². The molecule has 2 aromatic heterocycles. The van der Waals surface area contributed by atoms with Crippen molar-refractivity contribution in [2.24, 2.45) is 5.92 Å². The largest absolute Gasteiger partial charge is 0.462 e. The Balaban J connectivity index is 1.58. The Kier molecular flexibility index (Phi) is 5.63. The molecule has 1 N–H and O–H groups in total. The SMILES string of the molecule is CCOC(=O)c1ccccc1NC(=O)Cn1nnc2sc3c(c2c1=O)CC[C@@H](C)C3. The highest BCUT2D eigenvalue weighted by Crippen LogP contribution is 2.35. The van der Waals surface area contributed by atoms with Gasteiger partial charge in [-0.1, -0.05) is 24.3 Å². The number of nitrogens with one attached hydrogen (secondary N) is 1. The zero-order valence-corrected chi connectivity index (χ0v) is 17.6. The number of amides is 1. The van der Waals surface area contributed by atoms with Crippen molar-refractivity contribution < 1.29 is 14.3 Å². The van der Waals surface area contributed by atoms with Crippen molar-refractivity contribution in [3.05, 3.63) is 50.6 Å². The van der Waals surface area contributed by atoms with Gasteiger partial charge in [0.1, 0.15) is 6.54 Å². The molecule has 30 heavy (non-hydrogen) atoms. The topological polar surface area (TPSA) is 103 Å². The van der Waals surface area contributed by atoms with Crippen molar-refractivity contribution in [2.45, 2.75) is 39.7 Å². The highest BCUT2D eigenvalue weighted by Gasteiger charge is 2.24. The Morgan fingerprint density at radius 3 is 2.93 bits per heavy atom. The van der Waals surface area contributed by atoms with Crippen molar-refractivity contribution >= 4 is 39.1 Å². The van der Waals surface area contributed by atoms with Gasteiger partial charge in [0.05, 0.1) is 23.2 Å². The van der Waals surface area contributed by atoms with Gasteiger partial charge in [-0.2, -0.15) is 0 Å². The average Bonchev–Trinajstić information content (AvgIpc) is 3.09. The van der Waals surface area contributed by atoms with Crippen LogP contribution in [0.25, 0.3) is 10.2 Å². The first-order valence-corrected chi connectivity index (χ1v) is 10.7. The molecule has 0 bridgehead atoms. The summed E-state index contributed by atoms with van der Waals surface area (Å²) in [6.07, 6.45) is 2.82. The number of esters is 1. The lowest BCUT2D eigenvalue weighted by Crippen LogP contribution is -2.31. The second-order valence-corrected chi connectivity index (χ2v) is 8.48. The zero-order valence-electron chi connectivity index (χ0n) is 16.8. The molecule has 3 aromatic rings. The molecule has 0 saturated heterocycles. The number of para-hydroxylation sites is 1. The number of carbonyl (C=O) groups excluding carboxylic acids is 2. The summed E-state index contributed by atoms with van der Waals surface area (Å²) in [7, 11) is 0. The van der Waals surface area contributed by atoms with E-state index in [-0.39, 0.29) is 24.3 Å². The summed E-state index contributed by atoms with van der Waals surface area (Å²) in [6, 6.07) is 6.57. The number of fused-ring (bicyclic) bond motifs is 3. The van der Waals surface area contributed by atoms with E-state index in [9.17, 15) is 14.4 Å². The Bertz CT molecular complexity index is 1180. The minimum absolute atomic E-state index is 0.232. The quantitative estimate of drug-likeness (QED) is 0.629. The van der Waals surface area contributed by atoms with Crippen LogP contribution in [0.4, 0.5) is 5.69 Å². The first-order valence-electron chi connectivity index (χ1n) is 9.92. The molecule has 1 aromatic carbocycles. The number of ether oxygens (including phenoxy) is 1. The predicted octanol–water partition coefficient (Wildman–Crippen LogP) is 2.79. The molecule has 4 rings (SSSR count). The van der Waals surface area contributed by atoms with Crippen LogP contribution in [-0.4, -0.2) is 33.5 Å². The average molecular weight is 426 g/mol. The Hall–Kier alpha value is -3.07. The molecule has 8 nitrogen and oxygen atoms in total. The van der Waals surface area contributed by atoms with E-state index in [0.717, 1.165) is 29.5 Å². The van der Waals surface area contributed by atoms with E-state index >= 15 is 0 Å². The van der Waals surface area contributed by atoms with E-state index in [1.54, 1.807) is 31.2 Å². The summed E-state index contributed by atoms with van der Waals surface area (Å²) in [6.45, 7) is 3.86. The lowest BCUT2D eigenvalue weighted by atomic mass is 9.89. The number of aryl methyl sites for hydroxylation is 1. The van der Waals surface area contributed by atoms with E-state index < -0.39 is 11.9 Å². The summed E-state index contributed by atoms with van der Waals surface area (Å²) < 4.78 is 6.10. The number of carbonyl (C=O) groups is 2. The van der Waals surface area contributed by atoms with E-state index in [1.165, 1.54) is 16.2 Å². The fraction of sp³-hybridized carbons (Fsp3) is 0.381. The molecule has 0 spiro atoms. The molecule has 1 aliphatic carbocycles. The number of anilines is 1.